The van der Waals surface area contributed by atoms with Gasteiger partial charge in [0.2, 0.25) is 0 Å². The molecule has 2 rings (SSSR count). The number of ether oxygens (including phenoxy) is 1. The number of rotatable bonds is 4. The zero-order chi connectivity index (χ0) is 12.4. The zero-order valence-electron chi connectivity index (χ0n) is 9.90. The van der Waals surface area contributed by atoms with Crippen LogP contribution >= 0.6 is 15.9 Å². The van der Waals surface area contributed by atoms with Crippen molar-refractivity contribution in [3.8, 4) is 5.75 Å². The number of hydrogen-bond donors (Lipinski definition) is 1. The normalized spacial score (nSPS) is 12.7. The lowest BCUT2D eigenvalue weighted by atomic mass is 10.1. The third-order valence-corrected chi connectivity index (χ3v) is 3.33. The van der Waals surface area contributed by atoms with E-state index in [2.05, 4.69) is 26.3 Å². The van der Waals surface area contributed by atoms with Crippen molar-refractivity contribution in [1.29, 1.82) is 0 Å². The van der Waals surface area contributed by atoms with Crippen molar-refractivity contribution in [3.05, 3.63) is 34.5 Å². The fourth-order valence-electron chi connectivity index (χ4n) is 1.86. The van der Waals surface area contributed by atoms with E-state index in [0.717, 1.165) is 17.0 Å². The van der Waals surface area contributed by atoms with Crippen LogP contribution < -0.4 is 10.1 Å². The van der Waals surface area contributed by atoms with E-state index in [1.165, 1.54) is 0 Å². The molecule has 17 heavy (non-hydrogen) atoms. The second-order valence-electron chi connectivity index (χ2n) is 3.59. The molecule has 0 amide bonds. The largest absolute Gasteiger partial charge is 0.493 e. The minimum atomic E-state index is -0.0365. The molecule has 6 heteroatoms. The van der Waals surface area contributed by atoms with Crippen LogP contribution in [0, 0.1) is 0 Å². The van der Waals surface area contributed by atoms with Gasteiger partial charge < -0.3 is 14.5 Å². The van der Waals surface area contributed by atoms with Gasteiger partial charge in [0, 0.05) is 12.6 Å². The topological polar surface area (TPSA) is 52.2 Å². The van der Waals surface area contributed by atoms with E-state index in [1.54, 1.807) is 24.3 Å². The van der Waals surface area contributed by atoms with Crippen molar-refractivity contribution in [2.24, 2.45) is 7.05 Å². The number of methoxy groups -OCH3 is 1. The first kappa shape index (κ1) is 12.2. The van der Waals surface area contributed by atoms with Crippen molar-refractivity contribution in [3.63, 3.8) is 0 Å². The molecule has 2 heterocycles. The maximum Gasteiger partial charge on any atom is 0.174 e. The van der Waals surface area contributed by atoms with E-state index < -0.39 is 0 Å². The van der Waals surface area contributed by atoms with E-state index in [1.807, 2.05) is 20.2 Å². The Kier molecular flexibility index (Phi) is 3.54. The van der Waals surface area contributed by atoms with E-state index in [0.29, 0.717) is 4.67 Å². The Balaban J connectivity index is 2.49. The summed E-state index contributed by atoms with van der Waals surface area (Å²) in [5.41, 5.74) is 1.96. The fraction of sp³-hybridized carbons (Fsp3) is 0.364. The zero-order valence-corrected chi connectivity index (χ0v) is 11.5. The van der Waals surface area contributed by atoms with Gasteiger partial charge in [0.15, 0.2) is 10.4 Å². The minimum Gasteiger partial charge on any atom is -0.493 e. The van der Waals surface area contributed by atoms with Crippen molar-refractivity contribution < 1.29 is 9.15 Å². The SMILES string of the molecule is CNC(c1ccoc1Br)c1c(OC)cnn1C. The van der Waals surface area contributed by atoms with Crippen LogP contribution in [-0.4, -0.2) is 23.9 Å². The first-order valence-corrected chi connectivity index (χ1v) is 5.94. The Morgan fingerprint density at radius 2 is 2.35 bits per heavy atom. The summed E-state index contributed by atoms with van der Waals surface area (Å²) >= 11 is 3.39. The standard InChI is InChI=1S/C11H14BrN3O2/c1-13-9(7-4-5-17-11(7)12)10-8(16-3)6-14-15(10)2/h4-6,9,13H,1-3H3. The minimum absolute atomic E-state index is 0.0365. The molecule has 0 bridgehead atoms. The third-order valence-electron chi connectivity index (χ3n) is 2.69. The van der Waals surface area contributed by atoms with Gasteiger partial charge in [0.25, 0.3) is 0 Å². The van der Waals surface area contributed by atoms with Crippen LogP contribution in [0.5, 0.6) is 5.75 Å². The molecule has 2 aromatic rings. The summed E-state index contributed by atoms with van der Waals surface area (Å²) in [7, 11) is 5.41. The highest BCUT2D eigenvalue weighted by molar-refractivity contribution is 9.10. The number of furan rings is 1. The van der Waals surface area contributed by atoms with Gasteiger partial charge in [0.1, 0.15) is 5.69 Å². The maximum absolute atomic E-state index is 5.32. The molecule has 1 unspecified atom stereocenters. The van der Waals surface area contributed by atoms with Crippen molar-refractivity contribution in [2.45, 2.75) is 6.04 Å². The number of nitrogens with one attached hydrogen (secondary N) is 1. The van der Waals surface area contributed by atoms with Crippen molar-refractivity contribution in [2.75, 3.05) is 14.2 Å². The molecule has 0 fully saturated rings. The molecule has 0 saturated heterocycles. The van der Waals surface area contributed by atoms with Crippen molar-refractivity contribution in [1.82, 2.24) is 15.1 Å². The summed E-state index contributed by atoms with van der Waals surface area (Å²) in [5.74, 6) is 0.750. The molecule has 0 saturated carbocycles. The van der Waals surface area contributed by atoms with Crippen molar-refractivity contribution >= 4 is 15.9 Å². The number of hydrogen-bond acceptors (Lipinski definition) is 4. The lowest BCUT2D eigenvalue weighted by Gasteiger charge is -2.17. The number of aromatic nitrogens is 2. The van der Waals surface area contributed by atoms with Crippen LogP contribution in [0.2, 0.25) is 0 Å². The van der Waals surface area contributed by atoms with Crippen LogP contribution in [-0.2, 0) is 7.05 Å². The van der Waals surface area contributed by atoms with Gasteiger partial charge in [-0.15, -0.1) is 0 Å². The predicted molar refractivity (Wildman–Crippen MR) is 67.1 cm³/mol. The van der Waals surface area contributed by atoms with E-state index >= 15 is 0 Å². The van der Waals surface area contributed by atoms with Crippen LogP contribution in [0.25, 0.3) is 0 Å². The summed E-state index contributed by atoms with van der Waals surface area (Å²) in [5, 5.41) is 7.43. The molecular weight excluding hydrogens is 286 g/mol. The van der Waals surface area contributed by atoms with E-state index in [-0.39, 0.29) is 6.04 Å². The van der Waals surface area contributed by atoms with Gasteiger partial charge in [-0.3, -0.25) is 4.68 Å². The average Bonchev–Trinajstić information content (AvgIpc) is 2.89. The summed E-state index contributed by atoms with van der Waals surface area (Å²) in [6, 6.07) is 1.88. The summed E-state index contributed by atoms with van der Waals surface area (Å²) in [4.78, 5) is 0. The van der Waals surface area contributed by atoms with Gasteiger partial charge in [-0.1, -0.05) is 0 Å². The Morgan fingerprint density at radius 1 is 1.59 bits per heavy atom. The molecule has 1 N–H and O–H groups in total. The first-order valence-electron chi connectivity index (χ1n) is 5.15. The lowest BCUT2D eigenvalue weighted by molar-refractivity contribution is 0.402. The van der Waals surface area contributed by atoms with Gasteiger partial charge in [0.05, 0.1) is 25.6 Å². The molecule has 0 aliphatic heterocycles. The smallest absolute Gasteiger partial charge is 0.174 e. The Morgan fingerprint density at radius 3 is 2.88 bits per heavy atom. The average molecular weight is 300 g/mol. The third kappa shape index (κ3) is 2.10. The Hall–Kier alpha value is -1.27. The van der Waals surface area contributed by atoms with Gasteiger partial charge in [-0.05, 0) is 29.0 Å². The molecule has 0 radical (unpaired) electrons. The second-order valence-corrected chi connectivity index (χ2v) is 4.31. The van der Waals surface area contributed by atoms with Gasteiger partial charge in [-0.25, -0.2) is 0 Å². The van der Waals surface area contributed by atoms with Crippen LogP contribution in [0.1, 0.15) is 17.3 Å². The summed E-state index contributed by atoms with van der Waals surface area (Å²) in [6.45, 7) is 0. The van der Waals surface area contributed by atoms with Crippen LogP contribution in [0.15, 0.2) is 27.6 Å². The lowest BCUT2D eigenvalue weighted by Crippen LogP contribution is -2.21. The molecule has 5 nitrogen and oxygen atoms in total. The second kappa shape index (κ2) is 4.93. The number of aryl methyl sites for hydroxylation is 1. The van der Waals surface area contributed by atoms with Gasteiger partial charge >= 0.3 is 0 Å². The molecule has 0 aliphatic carbocycles. The highest BCUT2D eigenvalue weighted by Gasteiger charge is 2.24. The molecular formula is C11H14BrN3O2. The Labute approximate surface area is 108 Å². The molecule has 2 aromatic heterocycles. The monoisotopic (exact) mass is 299 g/mol. The molecule has 0 spiro atoms. The maximum atomic E-state index is 5.32. The van der Waals surface area contributed by atoms with Crippen LogP contribution in [0.4, 0.5) is 0 Å². The fourth-order valence-corrected chi connectivity index (χ4v) is 2.33. The molecule has 0 aromatic carbocycles. The van der Waals surface area contributed by atoms with Gasteiger partial charge in [-0.2, -0.15) is 5.10 Å². The number of halogens is 1. The molecule has 92 valence electrons. The summed E-state index contributed by atoms with van der Waals surface area (Å²) in [6.07, 6.45) is 3.35. The summed E-state index contributed by atoms with van der Waals surface area (Å²) < 4.78 is 13.1. The first-order chi connectivity index (χ1) is 8.19. The highest BCUT2D eigenvalue weighted by atomic mass is 79.9. The Bertz CT molecular complexity index is 507. The molecule has 1 atom stereocenters. The van der Waals surface area contributed by atoms with E-state index in [4.69, 9.17) is 9.15 Å². The number of nitrogens with zero attached hydrogens (tertiary/aromatic N) is 2. The highest BCUT2D eigenvalue weighted by Crippen LogP contribution is 2.33. The van der Waals surface area contributed by atoms with E-state index in [9.17, 15) is 0 Å². The molecule has 0 aliphatic rings. The van der Waals surface area contributed by atoms with Crippen LogP contribution in [0.3, 0.4) is 0 Å². The quantitative estimate of drug-likeness (QED) is 0.939. The predicted octanol–water partition coefficient (Wildman–Crippen LogP) is 2.09.